The zero-order valence-corrected chi connectivity index (χ0v) is 16.7. The Bertz CT molecular complexity index is 1110. The molecule has 1 saturated carbocycles. The lowest BCUT2D eigenvalue weighted by Gasteiger charge is -2.48. The van der Waals surface area contributed by atoms with Crippen molar-refractivity contribution in [3.8, 4) is 11.3 Å². The molecule has 2 N–H and O–H groups in total. The van der Waals surface area contributed by atoms with Crippen LogP contribution >= 0.6 is 0 Å². The molecule has 0 amide bonds. The second kappa shape index (κ2) is 6.80. The van der Waals surface area contributed by atoms with Crippen LogP contribution in [0.3, 0.4) is 0 Å². The summed E-state index contributed by atoms with van der Waals surface area (Å²) in [6.07, 6.45) is 7.15. The van der Waals surface area contributed by atoms with E-state index in [1.165, 1.54) is 6.92 Å². The number of benzene rings is 1. The third kappa shape index (κ3) is 2.76. The highest BCUT2D eigenvalue weighted by Gasteiger charge is 2.62. The number of nitrogens with two attached hydrogens (primary N) is 1. The lowest BCUT2D eigenvalue weighted by molar-refractivity contribution is -0.0588. The molecule has 2 heterocycles. The summed E-state index contributed by atoms with van der Waals surface area (Å²) in [6.45, 7) is -0.397. The molecule has 1 aromatic heterocycles. The van der Waals surface area contributed by atoms with Crippen molar-refractivity contribution < 1.29 is 15.0 Å². The van der Waals surface area contributed by atoms with Gasteiger partial charge in [0.25, 0.3) is 6.02 Å². The van der Waals surface area contributed by atoms with Crippen molar-refractivity contribution >= 4 is 6.02 Å². The number of hydrogen-bond donors (Lipinski definition) is 1. The lowest BCUT2D eigenvalue weighted by atomic mass is 9.59. The minimum atomic E-state index is -2.13. The van der Waals surface area contributed by atoms with Crippen LogP contribution in [0.5, 0.6) is 0 Å². The SMILES string of the molecule is [2H]C([2H])(C)O[C@H]1CC[C@@]2(Cc3ccc(-c4cnccn4)cc3[C@]23N=C(N)OC3([2H])[2H])C[C@@H]1C. The molecule has 0 unspecified atom stereocenters. The van der Waals surface area contributed by atoms with Gasteiger partial charge >= 0.3 is 0 Å². The maximum atomic E-state index is 8.92. The number of aromatic nitrogens is 2. The van der Waals surface area contributed by atoms with E-state index in [-0.39, 0.29) is 18.0 Å². The van der Waals surface area contributed by atoms with E-state index in [1.807, 2.05) is 25.1 Å². The summed E-state index contributed by atoms with van der Waals surface area (Å²) >= 11 is 0. The number of nitrogens with zero attached hydrogens (tertiary/aromatic N) is 3. The Hall–Kier alpha value is -2.47. The summed E-state index contributed by atoms with van der Waals surface area (Å²) in [5.41, 5.74) is 7.45. The van der Waals surface area contributed by atoms with E-state index in [1.54, 1.807) is 18.6 Å². The van der Waals surface area contributed by atoms with E-state index in [0.29, 0.717) is 31.4 Å². The molecule has 29 heavy (non-hydrogen) atoms. The molecule has 2 aromatic rings. The van der Waals surface area contributed by atoms with Crippen molar-refractivity contribution in [3.63, 3.8) is 0 Å². The number of amidine groups is 1. The van der Waals surface area contributed by atoms with Gasteiger partial charge in [-0.2, -0.15) is 0 Å². The minimum absolute atomic E-state index is 0.00671. The minimum Gasteiger partial charge on any atom is -0.462 e. The second-order valence-corrected chi connectivity index (χ2v) is 8.36. The number of aliphatic imine (C=N–C) groups is 1. The van der Waals surface area contributed by atoms with Crippen LogP contribution in [0.1, 0.15) is 49.7 Å². The first-order chi connectivity index (χ1) is 15.5. The molecule has 4 atom stereocenters. The summed E-state index contributed by atoms with van der Waals surface area (Å²) < 4.78 is 44.7. The van der Waals surface area contributed by atoms with E-state index < -0.39 is 24.1 Å². The Kier molecular flexibility index (Phi) is 3.40. The Labute approximate surface area is 177 Å². The summed E-state index contributed by atoms with van der Waals surface area (Å²) in [7, 11) is 0. The van der Waals surface area contributed by atoms with Crippen LogP contribution in [-0.4, -0.2) is 35.2 Å². The molecular formula is C23H28N4O2. The molecule has 5 rings (SSSR count). The highest BCUT2D eigenvalue weighted by molar-refractivity contribution is 5.75. The second-order valence-electron chi connectivity index (χ2n) is 8.36. The van der Waals surface area contributed by atoms with Crippen molar-refractivity contribution in [1.82, 2.24) is 9.97 Å². The number of rotatable bonds is 3. The molecular weight excluding hydrogens is 364 g/mol. The third-order valence-electron chi connectivity index (χ3n) is 6.76. The summed E-state index contributed by atoms with van der Waals surface area (Å²) in [6, 6.07) is 5.81. The first kappa shape index (κ1) is 14.5. The monoisotopic (exact) mass is 396 g/mol. The lowest BCUT2D eigenvalue weighted by Crippen LogP contribution is -2.48. The normalized spacial score (nSPS) is 37.2. The largest absolute Gasteiger partial charge is 0.462 e. The van der Waals surface area contributed by atoms with E-state index in [0.717, 1.165) is 16.7 Å². The quantitative estimate of drug-likeness (QED) is 0.859. The fraction of sp³-hybridized carbons (Fsp3) is 0.522. The maximum Gasteiger partial charge on any atom is 0.283 e. The topological polar surface area (TPSA) is 82.6 Å². The molecule has 0 bridgehead atoms. The van der Waals surface area contributed by atoms with Crippen LogP contribution in [0.25, 0.3) is 11.3 Å². The highest BCUT2D eigenvalue weighted by atomic mass is 16.5. The van der Waals surface area contributed by atoms with Gasteiger partial charge in [-0.25, -0.2) is 4.99 Å². The van der Waals surface area contributed by atoms with Crippen LogP contribution in [0.2, 0.25) is 0 Å². The Morgan fingerprint density at radius 1 is 1.41 bits per heavy atom. The van der Waals surface area contributed by atoms with Gasteiger partial charge in [0, 0.05) is 29.9 Å². The summed E-state index contributed by atoms with van der Waals surface area (Å²) in [5.74, 6) is 0.00671. The molecule has 1 fully saturated rings. The molecule has 0 saturated heterocycles. The predicted molar refractivity (Wildman–Crippen MR) is 111 cm³/mol. The van der Waals surface area contributed by atoms with Crippen LogP contribution < -0.4 is 5.73 Å². The molecule has 0 radical (unpaired) electrons. The Balaban J connectivity index is 1.62. The van der Waals surface area contributed by atoms with Gasteiger partial charge in [0.05, 0.1) is 23.5 Å². The van der Waals surface area contributed by atoms with Crippen molar-refractivity contribution in [1.29, 1.82) is 0 Å². The Morgan fingerprint density at radius 2 is 2.31 bits per heavy atom. The molecule has 1 aliphatic heterocycles. The molecule has 3 aliphatic rings. The first-order valence-corrected chi connectivity index (χ1v) is 10.1. The molecule has 6 heteroatoms. The number of fused-ring (bicyclic) bond motifs is 3. The average molecular weight is 397 g/mol. The molecule has 6 nitrogen and oxygen atoms in total. The van der Waals surface area contributed by atoms with Gasteiger partial charge in [0.2, 0.25) is 0 Å². The van der Waals surface area contributed by atoms with E-state index in [9.17, 15) is 0 Å². The van der Waals surface area contributed by atoms with E-state index >= 15 is 0 Å². The average Bonchev–Trinajstić information content (AvgIpc) is 3.14. The smallest absolute Gasteiger partial charge is 0.283 e. The highest BCUT2D eigenvalue weighted by Crippen LogP contribution is 2.62. The van der Waals surface area contributed by atoms with Crippen molar-refractivity contribution in [2.75, 3.05) is 13.1 Å². The molecule has 2 aliphatic carbocycles. The third-order valence-corrected chi connectivity index (χ3v) is 6.76. The summed E-state index contributed by atoms with van der Waals surface area (Å²) in [5, 5.41) is 0. The van der Waals surface area contributed by atoms with Crippen molar-refractivity contribution in [3.05, 3.63) is 47.9 Å². The molecule has 2 spiro atoms. The number of hydrogen-bond acceptors (Lipinski definition) is 6. The van der Waals surface area contributed by atoms with E-state index in [4.69, 9.17) is 25.7 Å². The van der Waals surface area contributed by atoms with Gasteiger partial charge in [-0.05, 0) is 55.7 Å². The molecule has 1 aromatic carbocycles. The fourth-order valence-electron chi connectivity index (χ4n) is 5.50. The zero-order valence-electron chi connectivity index (χ0n) is 20.7. The predicted octanol–water partition coefficient (Wildman–Crippen LogP) is 3.45. The van der Waals surface area contributed by atoms with E-state index in [2.05, 4.69) is 9.97 Å². The van der Waals surface area contributed by atoms with Crippen LogP contribution in [-0.2, 0) is 21.4 Å². The number of ether oxygens (including phenoxy) is 2. The fourth-order valence-corrected chi connectivity index (χ4v) is 5.50. The van der Waals surface area contributed by atoms with Crippen LogP contribution in [0, 0.1) is 11.3 Å². The maximum absolute atomic E-state index is 8.92. The first-order valence-electron chi connectivity index (χ1n) is 12.1. The van der Waals surface area contributed by atoms with Gasteiger partial charge in [-0.15, -0.1) is 0 Å². The van der Waals surface area contributed by atoms with Crippen molar-refractivity contribution in [2.45, 2.75) is 51.2 Å². The van der Waals surface area contributed by atoms with Gasteiger partial charge in [0.1, 0.15) is 12.1 Å². The van der Waals surface area contributed by atoms with Crippen molar-refractivity contribution in [2.24, 2.45) is 22.1 Å². The van der Waals surface area contributed by atoms with Gasteiger partial charge in [-0.1, -0.05) is 19.1 Å². The van der Waals surface area contributed by atoms with Gasteiger partial charge < -0.3 is 15.2 Å². The zero-order chi connectivity index (χ0) is 23.6. The van der Waals surface area contributed by atoms with Crippen LogP contribution in [0.15, 0.2) is 41.8 Å². The standard InChI is InChI=1S/C23H28N4O2/c1-3-28-20-6-7-22(11-15(20)2)12-17-5-4-16(19-13-25-8-9-26-19)10-18(17)23(22)14-29-21(24)27-23/h4-5,8-10,13,15,20H,3,6-7,11-12,14H2,1-2H3,(H2,24,27)/t15-,20-,22-,23-/m0/s1/i3D2,14D2. The Morgan fingerprint density at radius 3 is 3.00 bits per heavy atom. The van der Waals surface area contributed by atoms with Gasteiger partial charge in [-0.3, -0.25) is 9.97 Å². The van der Waals surface area contributed by atoms with Gasteiger partial charge in [0.15, 0.2) is 0 Å². The molecule has 152 valence electrons. The van der Waals surface area contributed by atoms with Crippen LogP contribution in [0.4, 0.5) is 0 Å². The summed E-state index contributed by atoms with van der Waals surface area (Å²) in [4.78, 5) is 13.3.